The lowest BCUT2D eigenvalue weighted by atomic mass is 9.96. The quantitative estimate of drug-likeness (QED) is 0.660. The van der Waals surface area contributed by atoms with Gasteiger partial charge in [-0.25, -0.2) is 0 Å². The second-order valence-electron chi connectivity index (χ2n) is 7.43. The van der Waals surface area contributed by atoms with Gasteiger partial charge < -0.3 is 14.9 Å². The minimum absolute atomic E-state index is 0.0681. The lowest BCUT2D eigenvalue weighted by Gasteiger charge is -2.44. The maximum Gasteiger partial charge on any atom is 0.123 e. The average molecular weight is 318 g/mol. The van der Waals surface area contributed by atoms with Crippen LogP contribution in [0.5, 0.6) is 0 Å². The summed E-state index contributed by atoms with van der Waals surface area (Å²) >= 11 is 0. The van der Waals surface area contributed by atoms with Crippen LogP contribution < -0.4 is 5.19 Å². The monoisotopic (exact) mass is 318 g/mol. The van der Waals surface area contributed by atoms with Gasteiger partial charge in [0.25, 0.3) is 0 Å². The molecule has 0 amide bonds. The minimum Gasteiger partial charge on any atom is -0.396 e. The largest absolute Gasteiger partial charge is 0.396 e. The first-order chi connectivity index (χ1) is 10.8. The molecule has 4 rings (SSSR count). The number of benzene rings is 1. The third-order valence-electron chi connectivity index (χ3n) is 6.68. The summed E-state index contributed by atoms with van der Waals surface area (Å²) in [5.74, 6) is 0.132. The summed E-state index contributed by atoms with van der Waals surface area (Å²) in [5, 5.41) is 21.4. The molecule has 1 saturated carbocycles. The molecule has 3 fully saturated rings. The van der Waals surface area contributed by atoms with Gasteiger partial charge in [0.05, 0.1) is 20.8 Å². The number of hydrogen-bond acceptors (Lipinski definition) is 3. The molecule has 0 aromatic heterocycles. The van der Waals surface area contributed by atoms with Crippen LogP contribution in [0.1, 0.15) is 25.7 Å². The smallest absolute Gasteiger partial charge is 0.123 e. The van der Waals surface area contributed by atoms with Gasteiger partial charge in [-0.1, -0.05) is 66.9 Å². The van der Waals surface area contributed by atoms with Crippen molar-refractivity contribution in [2.24, 2.45) is 5.92 Å². The van der Waals surface area contributed by atoms with Crippen molar-refractivity contribution in [2.45, 2.75) is 55.0 Å². The Morgan fingerprint density at radius 1 is 1.09 bits per heavy atom. The van der Waals surface area contributed by atoms with E-state index >= 15 is 0 Å². The Morgan fingerprint density at radius 3 is 2.45 bits per heavy atom. The number of aliphatic hydroxyl groups excluding tert-OH is 2. The fraction of sp³-hybridized carbons (Fsp3) is 0.667. The summed E-state index contributed by atoms with van der Waals surface area (Å²) < 4.78 is 5.81. The third-order valence-corrected chi connectivity index (χ3v) is 12.7. The van der Waals surface area contributed by atoms with Crippen LogP contribution in [-0.2, 0) is 4.74 Å². The van der Waals surface area contributed by atoms with Crippen molar-refractivity contribution in [1.29, 1.82) is 0 Å². The van der Waals surface area contributed by atoms with Crippen molar-refractivity contribution in [2.75, 3.05) is 13.2 Å². The van der Waals surface area contributed by atoms with Crippen LogP contribution in [0, 0.1) is 5.92 Å². The first kappa shape index (κ1) is 14.9. The molecule has 3 nitrogen and oxygen atoms in total. The molecule has 22 heavy (non-hydrogen) atoms. The predicted molar refractivity (Wildman–Crippen MR) is 88.9 cm³/mol. The Balaban J connectivity index is 1.73. The number of aliphatic hydroxyl groups is 2. The van der Waals surface area contributed by atoms with Gasteiger partial charge in [0, 0.05) is 12.5 Å². The van der Waals surface area contributed by atoms with E-state index in [0.29, 0.717) is 5.54 Å². The molecule has 0 bridgehead atoms. The van der Waals surface area contributed by atoms with E-state index in [9.17, 15) is 10.2 Å². The Hall–Kier alpha value is -0.683. The third kappa shape index (κ3) is 1.97. The summed E-state index contributed by atoms with van der Waals surface area (Å²) in [4.78, 5) is 0. The van der Waals surface area contributed by atoms with E-state index in [1.807, 2.05) is 0 Å². The van der Waals surface area contributed by atoms with Crippen molar-refractivity contribution < 1.29 is 14.9 Å². The molecular weight excluding hydrogens is 292 g/mol. The number of ether oxygens (including phenoxy) is 1. The van der Waals surface area contributed by atoms with Gasteiger partial charge in [0.1, 0.15) is 5.60 Å². The number of fused-ring (bicyclic) bond motifs is 1. The summed E-state index contributed by atoms with van der Waals surface area (Å²) in [6.07, 6.45) is 5.24. The normalized spacial score (nSPS) is 39.5. The van der Waals surface area contributed by atoms with Crippen LogP contribution >= 0.6 is 0 Å². The molecular formula is C18H26O3Si. The molecule has 4 atom stereocenters. The molecule has 4 heteroatoms. The summed E-state index contributed by atoms with van der Waals surface area (Å²) in [7, 11) is -1.64. The van der Waals surface area contributed by atoms with Gasteiger partial charge in [0.15, 0.2) is 0 Å². The van der Waals surface area contributed by atoms with Crippen LogP contribution in [0.25, 0.3) is 0 Å². The first-order valence-corrected chi connectivity index (χ1v) is 11.2. The molecule has 2 N–H and O–H groups in total. The standard InChI is InChI=1S/C18H26O3Si/c19-12-15-16(11-17-18(15,13-20)21-17)22(9-5-2-6-10-22)14-7-3-1-4-8-14/h1,3-4,7-8,15-17,19-20H,2,5-6,9-13H2/t15-,16-,17-,18+/m1/s1. The Bertz CT molecular complexity index is 524. The van der Waals surface area contributed by atoms with Crippen LogP contribution in [-0.4, -0.2) is 43.2 Å². The lowest BCUT2D eigenvalue weighted by Crippen LogP contribution is -2.56. The van der Waals surface area contributed by atoms with Crippen molar-refractivity contribution >= 4 is 13.3 Å². The fourth-order valence-corrected chi connectivity index (χ4v) is 12.0. The molecule has 2 heterocycles. The van der Waals surface area contributed by atoms with Gasteiger partial charge in [0.2, 0.25) is 0 Å². The lowest BCUT2D eigenvalue weighted by molar-refractivity contribution is 0.0743. The van der Waals surface area contributed by atoms with E-state index in [4.69, 9.17) is 4.74 Å². The topological polar surface area (TPSA) is 53.0 Å². The maximum atomic E-state index is 10.1. The van der Waals surface area contributed by atoms with Crippen molar-refractivity contribution in [3.63, 3.8) is 0 Å². The van der Waals surface area contributed by atoms with Crippen molar-refractivity contribution in [3.05, 3.63) is 30.3 Å². The van der Waals surface area contributed by atoms with Crippen molar-refractivity contribution in [1.82, 2.24) is 0 Å². The summed E-state index contributed by atoms with van der Waals surface area (Å²) in [6.45, 7) is 0.224. The van der Waals surface area contributed by atoms with Crippen LogP contribution in [0.15, 0.2) is 30.3 Å². The molecule has 2 saturated heterocycles. The molecule has 1 aromatic rings. The minimum atomic E-state index is -1.64. The number of rotatable bonds is 4. The van der Waals surface area contributed by atoms with Gasteiger partial charge in [-0.2, -0.15) is 0 Å². The van der Waals surface area contributed by atoms with E-state index < -0.39 is 13.7 Å². The fourth-order valence-electron chi connectivity index (χ4n) is 5.52. The zero-order valence-electron chi connectivity index (χ0n) is 13.1. The highest BCUT2D eigenvalue weighted by Crippen LogP contribution is 2.62. The highest BCUT2D eigenvalue weighted by molar-refractivity contribution is 6.93. The SMILES string of the molecule is OC[C@@H]1[C@H]([Si]2(c3ccccc3)CCCCC2)C[C@H]2O[C@@]12CO. The summed E-state index contributed by atoms with van der Waals surface area (Å²) in [6, 6.07) is 13.8. The van der Waals surface area contributed by atoms with Crippen molar-refractivity contribution in [3.8, 4) is 0 Å². The van der Waals surface area contributed by atoms with Crippen LogP contribution in [0.2, 0.25) is 17.6 Å². The van der Waals surface area contributed by atoms with Gasteiger partial charge >= 0.3 is 0 Å². The van der Waals surface area contributed by atoms with E-state index in [-0.39, 0.29) is 25.2 Å². The Kier molecular flexibility index (Phi) is 3.68. The molecule has 2 aliphatic heterocycles. The number of hydrogen-bond donors (Lipinski definition) is 2. The molecule has 1 aliphatic carbocycles. The Labute approximate surface area is 133 Å². The van der Waals surface area contributed by atoms with E-state index in [1.165, 1.54) is 31.4 Å². The predicted octanol–water partition coefficient (Wildman–Crippen LogP) is 2.04. The highest BCUT2D eigenvalue weighted by atomic mass is 28.3. The van der Waals surface area contributed by atoms with Gasteiger partial charge in [-0.05, 0) is 12.0 Å². The Morgan fingerprint density at radius 2 is 1.82 bits per heavy atom. The van der Waals surface area contributed by atoms with Crippen LogP contribution in [0.3, 0.4) is 0 Å². The highest BCUT2D eigenvalue weighted by Gasteiger charge is 2.71. The zero-order chi connectivity index (χ0) is 15.2. The zero-order valence-corrected chi connectivity index (χ0v) is 14.1. The molecule has 0 radical (unpaired) electrons. The molecule has 0 spiro atoms. The second-order valence-corrected chi connectivity index (χ2v) is 12.1. The van der Waals surface area contributed by atoms with Gasteiger partial charge in [-0.15, -0.1) is 0 Å². The maximum absolute atomic E-state index is 10.1. The van der Waals surface area contributed by atoms with Crippen LogP contribution in [0.4, 0.5) is 0 Å². The summed E-state index contributed by atoms with van der Waals surface area (Å²) in [5.41, 5.74) is 0.150. The average Bonchev–Trinajstić information content (AvgIpc) is 3.22. The molecule has 120 valence electrons. The van der Waals surface area contributed by atoms with E-state index in [2.05, 4.69) is 30.3 Å². The molecule has 3 aliphatic rings. The molecule has 1 aromatic carbocycles. The van der Waals surface area contributed by atoms with Gasteiger partial charge in [-0.3, -0.25) is 0 Å². The molecule has 0 unspecified atom stereocenters. The second kappa shape index (κ2) is 5.44. The number of epoxide rings is 1. The first-order valence-electron chi connectivity index (χ1n) is 8.72. The van der Waals surface area contributed by atoms with E-state index in [0.717, 1.165) is 6.42 Å². The van der Waals surface area contributed by atoms with E-state index in [1.54, 1.807) is 5.19 Å².